The molecule has 0 amide bonds. The molecule has 0 spiro atoms. The van der Waals surface area contributed by atoms with Crippen molar-refractivity contribution in [3.63, 3.8) is 0 Å². The highest BCUT2D eigenvalue weighted by molar-refractivity contribution is 7.25. The van der Waals surface area contributed by atoms with Gasteiger partial charge in [-0.2, -0.15) is 0 Å². The molecule has 26 heavy (non-hydrogen) atoms. The van der Waals surface area contributed by atoms with Gasteiger partial charge in [-0.3, -0.25) is 9.36 Å². The molecule has 0 radical (unpaired) electrons. The second-order valence-corrected chi connectivity index (χ2v) is 7.33. The second-order valence-electron chi connectivity index (χ2n) is 5.92. The number of aromatic nitrogens is 3. The number of pyridine rings is 1. The summed E-state index contributed by atoms with van der Waals surface area (Å²) < 4.78 is 7.22. The predicted octanol–water partition coefficient (Wildman–Crippen LogP) is 3.72. The number of benzene rings is 1. The maximum Gasteiger partial charge on any atom is 0.275 e. The van der Waals surface area contributed by atoms with E-state index in [1.165, 1.54) is 22.2 Å². The van der Waals surface area contributed by atoms with Gasteiger partial charge in [0.15, 0.2) is 0 Å². The van der Waals surface area contributed by atoms with Crippen molar-refractivity contribution in [3.8, 4) is 11.4 Å². The number of fused-ring (bicyclic) bond motifs is 3. The lowest BCUT2D eigenvalue weighted by Gasteiger charge is -2.13. The number of thiophene rings is 1. The van der Waals surface area contributed by atoms with Crippen LogP contribution in [0.2, 0.25) is 5.02 Å². The first-order chi connectivity index (χ1) is 12.5. The number of halogens is 1. The van der Waals surface area contributed by atoms with E-state index in [-0.39, 0.29) is 5.56 Å². The second kappa shape index (κ2) is 6.26. The molecule has 3 aromatic heterocycles. The van der Waals surface area contributed by atoms with Crippen LogP contribution < -0.4 is 15.2 Å². The first kappa shape index (κ1) is 16.8. The molecular weight excluding hydrogens is 372 g/mol. The van der Waals surface area contributed by atoms with Crippen molar-refractivity contribution in [2.45, 2.75) is 0 Å². The molecular formula is C18H15ClN4O2S. The van der Waals surface area contributed by atoms with Crippen LogP contribution in [0.5, 0.6) is 5.75 Å². The zero-order chi connectivity index (χ0) is 18.4. The summed E-state index contributed by atoms with van der Waals surface area (Å²) in [6.07, 6.45) is 3.27. The third-order valence-corrected chi connectivity index (χ3v) is 5.53. The van der Waals surface area contributed by atoms with Gasteiger partial charge in [0, 0.05) is 20.3 Å². The number of methoxy groups -OCH3 is 1. The zero-order valence-electron chi connectivity index (χ0n) is 14.4. The Kier molecular flexibility index (Phi) is 4.05. The van der Waals surface area contributed by atoms with Crippen molar-refractivity contribution < 1.29 is 4.74 Å². The quantitative estimate of drug-likeness (QED) is 0.537. The van der Waals surface area contributed by atoms with E-state index in [2.05, 4.69) is 9.97 Å². The lowest BCUT2D eigenvalue weighted by atomic mass is 10.2. The van der Waals surface area contributed by atoms with Crippen LogP contribution in [0, 0.1) is 0 Å². The number of nitrogens with zero attached hydrogens (tertiary/aromatic N) is 4. The molecule has 0 N–H and O–H groups in total. The van der Waals surface area contributed by atoms with Gasteiger partial charge < -0.3 is 9.64 Å². The first-order valence-corrected chi connectivity index (χ1v) is 9.01. The number of anilines is 1. The average Bonchev–Trinajstić information content (AvgIpc) is 3.01. The number of rotatable bonds is 3. The van der Waals surface area contributed by atoms with Gasteiger partial charge in [-0.1, -0.05) is 11.6 Å². The van der Waals surface area contributed by atoms with Crippen molar-refractivity contribution in [3.05, 3.63) is 52.2 Å². The average molecular weight is 387 g/mol. The fraction of sp³-hybridized carbons (Fsp3) is 0.167. The smallest absolute Gasteiger partial charge is 0.275 e. The standard InChI is InChI=1S/C18H15ClN4O2S/c1-22(2)12-6-7-20-17-14(12)15-16(26-17)18(24)23(9-21-15)10-4-5-13(25-3)11(19)8-10/h4-9H,1-3H3. The third-order valence-electron chi connectivity index (χ3n) is 4.16. The van der Waals surface area contributed by atoms with Gasteiger partial charge in [0.25, 0.3) is 5.56 Å². The van der Waals surface area contributed by atoms with Crippen LogP contribution >= 0.6 is 22.9 Å². The van der Waals surface area contributed by atoms with Crippen LogP contribution in [0.15, 0.2) is 41.6 Å². The van der Waals surface area contributed by atoms with Crippen molar-refractivity contribution in [2.75, 3.05) is 26.1 Å². The zero-order valence-corrected chi connectivity index (χ0v) is 15.9. The fourth-order valence-electron chi connectivity index (χ4n) is 2.90. The van der Waals surface area contributed by atoms with Gasteiger partial charge in [0.2, 0.25) is 0 Å². The van der Waals surface area contributed by atoms with Gasteiger partial charge in [0.05, 0.1) is 34.4 Å². The fourth-order valence-corrected chi connectivity index (χ4v) is 4.20. The minimum absolute atomic E-state index is 0.149. The van der Waals surface area contributed by atoms with Crippen LogP contribution in [0.25, 0.3) is 26.1 Å². The Labute approximate surface area is 158 Å². The van der Waals surface area contributed by atoms with E-state index in [0.717, 1.165) is 15.9 Å². The van der Waals surface area contributed by atoms with Crippen LogP contribution in [0.3, 0.4) is 0 Å². The molecule has 3 heterocycles. The number of hydrogen-bond acceptors (Lipinski definition) is 6. The molecule has 0 bridgehead atoms. The molecule has 0 saturated carbocycles. The summed E-state index contributed by atoms with van der Waals surface area (Å²) in [5.74, 6) is 0.555. The minimum Gasteiger partial charge on any atom is -0.495 e. The van der Waals surface area contributed by atoms with Gasteiger partial charge in [0.1, 0.15) is 21.6 Å². The Hall–Kier alpha value is -2.64. The Bertz CT molecular complexity index is 1200. The van der Waals surface area contributed by atoms with Gasteiger partial charge in [-0.15, -0.1) is 11.3 Å². The van der Waals surface area contributed by atoms with E-state index in [0.29, 0.717) is 26.7 Å². The maximum absolute atomic E-state index is 13.1. The highest BCUT2D eigenvalue weighted by Crippen LogP contribution is 2.35. The molecule has 8 heteroatoms. The SMILES string of the molecule is COc1ccc(-n2cnc3c(sc4nccc(N(C)C)c43)c2=O)cc1Cl. The minimum atomic E-state index is -0.149. The van der Waals surface area contributed by atoms with Crippen LogP contribution in [-0.2, 0) is 0 Å². The van der Waals surface area contributed by atoms with Crippen LogP contribution in [-0.4, -0.2) is 35.7 Å². The molecule has 0 aliphatic heterocycles. The molecule has 6 nitrogen and oxygen atoms in total. The van der Waals surface area contributed by atoms with Crippen molar-refractivity contribution in [1.82, 2.24) is 14.5 Å². The summed E-state index contributed by atoms with van der Waals surface area (Å²) >= 11 is 7.55. The van der Waals surface area contributed by atoms with Gasteiger partial charge in [-0.05, 0) is 24.3 Å². The molecule has 0 atom stereocenters. The normalized spacial score (nSPS) is 11.2. The highest BCUT2D eigenvalue weighted by Gasteiger charge is 2.17. The van der Waals surface area contributed by atoms with E-state index >= 15 is 0 Å². The Morgan fingerprint density at radius 1 is 1.23 bits per heavy atom. The van der Waals surface area contributed by atoms with Crippen molar-refractivity contribution in [1.29, 1.82) is 0 Å². The molecule has 4 rings (SSSR count). The summed E-state index contributed by atoms with van der Waals surface area (Å²) in [5.41, 5.74) is 2.14. The summed E-state index contributed by atoms with van der Waals surface area (Å²) in [6, 6.07) is 7.11. The molecule has 4 aromatic rings. The monoisotopic (exact) mass is 386 g/mol. The van der Waals surface area contributed by atoms with E-state index < -0.39 is 0 Å². The molecule has 1 aromatic carbocycles. The lowest BCUT2D eigenvalue weighted by molar-refractivity contribution is 0.415. The van der Waals surface area contributed by atoms with E-state index in [9.17, 15) is 4.79 Å². The Morgan fingerprint density at radius 2 is 2.04 bits per heavy atom. The summed E-state index contributed by atoms with van der Waals surface area (Å²) in [7, 11) is 5.46. The first-order valence-electron chi connectivity index (χ1n) is 7.81. The molecule has 0 fully saturated rings. The molecule has 0 aliphatic carbocycles. The van der Waals surface area contributed by atoms with Crippen LogP contribution in [0.4, 0.5) is 5.69 Å². The summed E-state index contributed by atoms with van der Waals surface area (Å²) in [4.78, 5) is 24.8. The summed E-state index contributed by atoms with van der Waals surface area (Å²) in [6.45, 7) is 0. The molecule has 132 valence electrons. The summed E-state index contributed by atoms with van der Waals surface area (Å²) in [5, 5.41) is 1.33. The highest BCUT2D eigenvalue weighted by atomic mass is 35.5. The predicted molar refractivity (Wildman–Crippen MR) is 106 cm³/mol. The van der Waals surface area contributed by atoms with Crippen molar-refractivity contribution in [2.24, 2.45) is 0 Å². The number of hydrogen-bond donors (Lipinski definition) is 0. The van der Waals surface area contributed by atoms with Gasteiger partial charge >= 0.3 is 0 Å². The van der Waals surface area contributed by atoms with Crippen LogP contribution in [0.1, 0.15) is 0 Å². The number of ether oxygens (including phenoxy) is 1. The molecule has 0 unspecified atom stereocenters. The third kappa shape index (κ3) is 2.51. The topological polar surface area (TPSA) is 60.2 Å². The lowest BCUT2D eigenvalue weighted by Crippen LogP contribution is -2.17. The maximum atomic E-state index is 13.1. The van der Waals surface area contributed by atoms with E-state index in [4.69, 9.17) is 16.3 Å². The van der Waals surface area contributed by atoms with E-state index in [1.54, 1.807) is 31.5 Å². The van der Waals surface area contributed by atoms with Crippen molar-refractivity contribution >= 4 is 49.1 Å². The Balaban J connectivity index is 1.99. The molecule has 0 saturated heterocycles. The van der Waals surface area contributed by atoms with Gasteiger partial charge in [-0.25, -0.2) is 9.97 Å². The van der Waals surface area contributed by atoms with E-state index in [1.807, 2.05) is 25.1 Å². The molecule has 0 aliphatic rings. The largest absolute Gasteiger partial charge is 0.495 e. The Morgan fingerprint density at radius 3 is 2.73 bits per heavy atom.